The second kappa shape index (κ2) is 11.4. The highest BCUT2D eigenvalue weighted by Gasteiger charge is 2.22. The zero-order valence-corrected chi connectivity index (χ0v) is 20.2. The molecule has 1 aromatic carbocycles. The van der Waals surface area contributed by atoms with Gasteiger partial charge in [0.05, 0.1) is 16.9 Å². The molecule has 0 spiro atoms. The van der Waals surface area contributed by atoms with Crippen molar-refractivity contribution in [2.24, 2.45) is 0 Å². The summed E-state index contributed by atoms with van der Waals surface area (Å²) >= 11 is 0. The van der Waals surface area contributed by atoms with Gasteiger partial charge in [0.25, 0.3) is 5.56 Å². The summed E-state index contributed by atoms with van der Waals surface area (Å²) in [7, 11) is 0. The fraction of sp³-hybridized carbons (Fsp3) is 0.267. The summed E-state index contributed by atoms with van der Waals surface area (Å²) in [5, 5.41) is 0.662. The summed E-state index contributed by atoms with van der Waals surface area (Å²) in [6, 6.07) is 5.86. The SMILES string of the molecule is C/C=C(\C)C(C1=CCC=CC=C1)n1c(C)nc2cc(C3=CCCC=C3)ccc2c1=O.C=CC. The maximum Gasteiger partial charge on any atom is 0.262 e. The number of aromatic nitrogens is 2. The van der Waals surface area contributed by atoms with Crippen molar-refractivity contribution < 1.29 is 0 Å². The van der Waals surface area contributed by atoms with Gasteiger partial charge in [-0.15, -0.1) is 6.58 Å². The predicted octanol–water partition coefficient (Wildman–Crippen LogP) is 7.58. The Labute approximate surface area is 197 Å². The average Bonchev–Trinajstić information content (AvgIpc) is 3.11. The van der Waals surface area contributed by atoms with Crippen molar-refractivity contribution in [3.63, 3.8) is 0 Å². The second-order valence-electron chi connectivity index (χ2n) is 8.28. The molecule has 0 fully saturated rings. The van der Waals surface area contributed by atoms with Gasteiger partial charge in [0, 0.05) is 0 Å². The van der Waals surface area contributed by atoms with Crippen LogP contribution in [-0.4, -0.2) is 9.55 Å². The van der Waals surface area contributed by atoms with Gasteiger partial charge >= 0.3 is 0 Å². The molecule has 1 atom stereocenters. The number of nitrogens with zero attached hydrogens (tertiary/aromatic N) is 2. The number of benzene rings is 1. The molecule has 0 radical (unpaired) electrons. The quantitative estimate of drug-likeness (QED) is 0.461. The third-order valence-corrected chi connectivity index (χ3v) is 5.89. The van der Waals surface area contributed by atoms with Crippen molar-refractivity contribution in [1.82, 2.24) is 9.55 Å². The van der Waals surface area contributed by atoms with Crippen LogP contribution in [0.15, 0.2) is 101 Å². The largest absolute Gasteiger partial charge is 0.285 e. The van der Waals surface area contributed by atoms with Gasteiger partial charge in [-0.1, -0.05) is 72.4 Å². The minimum Gasteiger partial charge on any atom is -0.285 e. The number of rotatable bonds is 4. The molecule has 33 heavy (non-hydrogen) atoms. The Kier molecular flexibility index (Phi) is 8.37. The van der Waals surface area contributed by atoms with E-state index in [-0.39, 0.29) is 11.6 Å². The van der Waals surface area contributed by atoms with E-state index >= 15 is 0 Å². The topological polar surface area (TPSA) is 34.9 Å². The molecule has 2 aromatic rings. The number of hydrogen-bond donors (Lipinski definition) is 0. The first-order valence-corrected chi connectivity index (χ1v) is 11.6. The lowest BCUT2D eigenvalue weighted by Crippen LogP contribution is -2.29. The molecule has 0 N–H and O–H groups in total. The third-order valence-electron chi connectivity index (χ3n) is 5.89. The summed E-state index contributed by atoms with van der Waals surface area (Å²) in [5.74, 6) is 0.732. The molecule has 0 aliphatic heterocycles. The van der Waals surface area contributed by atoms with Crippen LogP contribution in [0.4, 0.5) is 0 Å². The number of fused-ring (bicyclic) bond motifs is 1. The Morgan fingerprint density at radius 2 is 1.91 bits per heavy atom. The molecule has 2 aliphatic carbocycles. The molecule has 4 rings (SSSR count). The second-order valence-corrected chi connectivity index (χ2v) is 8.28. The van der Waals surface area contributed by atoms with E-state index in [1.807, 2.05) is 49.6 Å². The summed E-state index contributed by atoms with van der Waals surface area (Å²) in [5.41, 5.74) is 5.34. The van der Waals surface area contributed by atoms with Crippen LogP contribution in [0.2, 0.25) is 0 Å². The highest BCUT2D eigenvalue weighted by molar-refractivity contribution is 5.85. The van der Waals surface area contributed by atoms with E-state index in [0.717, 1.165) is 47.3 Å². The lowest BCUT2D eigenvalue weighted by atomic mass is 9.97. The van der Waals surface area contributed by atoms with Crippen LogP contribution >= 0.6 is 0 Å². The molecule has 3 nitrogen and oxygen atoms in total. The van der Waals surface area contributed by atoms with Crippen LogP contribution < -0.4 is 5.56 Å². The smallest absolute Gasteiger partial charge is 0.262 e. The highest BCUT2D eigenvalue weighted by Crippen LogP contribution is 2.30. The van der Waals surface area contributed by atoms with E-state index in [0.29, 0.717) is 5.39 Å². The van der Waals surface area contributed by atoms with Gasteiger partial charge in [0.1, 0.15) is 5.82 Å². The Morgan fingerprint density at radius 1 is 1.12 bits per heavy atom. The van der Waals surface area contributed by atoms with E-state index in [4.69, 9.17) is 4.98 Å². The van der Waals surface area contributed by atoms with Gasteiger partial charge < -0.3 is 0 Å². The van der Waals surface area contributed by atoms with E-state index in [1.54, 1.807) is 6.08 Å². The van der Waals surface area contributed by atoms with E-state index in [1.165, 1.54) is 5.57 Å². The van der Waals surface area contributed by atoms with Crippen molar-refractivity contribution in [1.29, 1.82) is 0 Å². The van der Waals surface area contributed by atoms with E-state index in [2.05, 4.69) is 62.1 Å². The number of allylic oxidation sites excluding steroid dienone is 13. The van der Waals surface area contributed by atoms with Gasteiger partial charge in [-0.25, -0.2) is 4.98 Å². The minimum absolute atomic E-state index is 0.00919. The molecule has 0 saturated heterocycles. The Bertz CT molecular complexity index is 1260. The molecule has 170 valence electrons. The molecule has 1 heterocycles. The van der Waals surface area contributed by atoms with Crippen molar-refractivity contribution in [2.75, 3.05) is 0 Å². The monoisotopic (exact) mass is 438 g/mol. The summed E-state index contributed by atoms with van der Waals surface area (Å²) < 4.78 is 1.85. The van der Waals surface area contributed by atoms with Crippen molar-refractivity contribution in [3.05, 3.63) is 118 Å². The van der Waals surface area contributed by atoms with Crippen molar-refractivity contribution in [2.45, 2.75) is 53.0 Å². The van der Waals surface area contributed by atoms with Crippen LogP contribution in [0, 0.1) is 6.92 Å². The molecule has 0 amide bonds. The molecule has 0 saturated carbocycles. The van der Waals surface area contributed by atoms with Crippen LogP contribution in [0.5, 0.6) is 0 Å². The number of aryl methyl sites for hydroxylation is 1. The zero-order chi connectivity index (χ0) is 23.8. The van der Waals surface area contributed by atoms with Crippen LogP contribution in [0.25, 0.3) is 16.5 Å². The van der Waals surface area contributed by atoms with E-state index in [9.17, 15) is 4.79 Å². The maximum atomic E-state index is 13.6. The van der Waals surface area contributed by atoms with Gasteiger partial charge in [-0.2, -0.15) is 0 Å². The maximum absolute atomic E-state index is 13.6. The first-order valence-electron chi connectivity index (χ1n) is 11.6. The first kappa shape index (κ1) is 24.2. The average molecular weight is 439 g/mol. The highest BCUT2D eigenvalue weighted by atomic mass is 16.1. The Morgan fingerprint density at radius 3 is 2.61 bits per heavy atom. The fourth-order valence-electron chi connectivity index (χ4n) is 4.19. The normalized spacial score (nSPS) is 16.4. The molecule has 1 unspecified atom stereocenters. The van der Waals surface area contributed by atoms with E-state index < -0.39 is 0 Å². The van der Waals surface area contributed by atoms with Crippen molar-refractivity contribution in [3.8, 4) is 0 Å². The molecular formula is C30H34N2O. The lowest BCUT2D eigenvalue weighted by molar-refractivity contribution is 0.606. The van der Waals surface area contributed by atoms with Gasteiger partial charge in [0.2, 0.25) is 0 Å². The first-order chi connectivity index (χ1) is 16.0. The molecular weight excluding hydrogens is 404 g/mol. The lowest BCUT2D eigenvalue weighted by Gasteiger charge is -2.24. The summed E-state index contributed by atoms with van der Waals surface area (Å²) in [4.78, 5) is 18.5. The Hall–Kier alpha value is -3.46. The Balaban J connectivity index is 0.000000968. The predicted molar refractivity (Wildman–Crippen MR) is 142 cm³/mol. The van der Waals surface area contributed by atoms with Crippen molar-refractivity contribution >= 4 is 16.5 Å². The molecule has 3 heteroatoms. The van der Waals surface area contributed by atoms with Crippen LogP contribution in [0.1, 0.15) is 57.5 Å². The van der Waals surface area contributed by atoms with Gasteiger partial charge in [-0.05, 0) is 75.8 Å². The standard InChI is InChI=1S/C27H28N2O.C3H6/c1-4-19(2)26(22-14-8-5-6-9-15-22)29-20(3)28-25-18-23(16-17-24(25)27(29)30)21-12-10-7-11-13-21;1-3-2/h4-6,8,10,12-18,26H,7,9,11H2,1-3H3;3H,1H2,2H3/b19-4+;. The third kappa shape index (κ3) is 5.48. The summed E-state index contributed by atoms with van der Waals surface area (Å²) in [6.45, 7) is 11.3. The molecule has 2 aliphatic rings. The van der Waals surface area contributed by atoms with Gasteiger partial charge in [0.15, 0.2) is 0 Å². The number of hydrogen-bond acceptors (Lipinski definition) is 2. The minimum atomic E-state index is -0.154. The fourth-order valence-corrected chi connectivity index (χ4v) is 4.19. The summed E-state index contributed by atoms with van der Waals surface area (Å²) in [6.07, 6.45) is 23.9. The van der Waals surface area contributed by atoms with Crippen LogP contribution in [-0.2, 0) is 0 Å². The van der Waals surface area contributed by atoms with Crippen LogP contribution in [0.3, 0.4) is 0 Å². The zero-order valence-electron chi connectivity index (χ0n) is 20.2. The molecule has 0 bridgehead atoms. The van der Waals surface area contributed by atoms with Gasteiger partial charge in [-0.3, -0.25) is 9.36 Å². The molecule has 1 aromatic heterocycles.